The van der Waals surface area contributed by atoms with Gasteiger partial charge in [-0.2, -0.15) is 0 Å². The molecular formula is C17H15ClN2O2S. The van der Waals surface area contributed by atoms with E-state index in [-0.39, 0.29) is 11.5 Å². The molecule has 1 saturated heterocycles. The van der Waals surface area contributed by atoms with E-state index in [1.165, 1.54) is 11.3 Å². The van der Waals surface area contributed by atoms with Gasteiger partial charge in [0.15, 0.2) is 0 Å². The molecule has 23 heavy (non-hydrogen) atoms. The zero-order valence-corrected chi connectivity index (χ0v) is 14.2. The number of rotatable bonds is 1. The molecule has 0 spiro atoms. The van der Waals surface area contributed by atoms with Crippen molar-refractivity contribution < 1.29 is 4.79 Å². The van der Waals surface area contributed by atoms with E-state index in [2.05, 4.69) is 0 Å². The average Bonchev–Trinajstić information content (AvgIpc) is 3.21. The quantitative estimate of drug-likeness (QED) is 0.675. The minimum atomic E-state index is -0.0912. The molecule has 6 heteroatoms. The Bertz CT molecular complexity index is 999. The normalized spacial score (nSPS) is 15.0. The van der Waals surface area contributed by atoms with E-state index in [1.54, 1.807) is 23.7 Å². The molecule has 1 amide bonds. The highest BCUT2D eigenvalue weighted by atomic mass is 35.5. The monoisotopic (exact) mass is 346 g/mol. The number of amides is 1. The third-order valence-corrected chi connectivity index (χ3v) is 5.83. The van der Waals surface area contributed by atoms with Crippen LogP contribution in [0.4, 0.5) is 0 Å². The van der Waals surface area contributed by atoms with Crippen molar-refractivity contribution >= 4 is 49.8 Å². The number of hydrogen-bond donors (Lipinski definition) is 0. The van der Waals surface area contributed by atoms with Gasteiger partial charge in [0.25, 0.3) is 11.5 Å². The van der Waals surface area contributed by atoms with Crippen LogP contribution in [0.5, 0.6) is 0 Å². The van der Waals surface area contributed by atoms with Gasteiger partial charge in [0, 0.05) is 35.2 Å². The molecule has 1 aliphatic rings. The van der Waals surface area contributed by atoms with Gasteiger partial charge in [0.2, 0.25) is 0 Å². The molecule has 3 heterocycles. The molecule has 4 rings (SSSR count). The highest BCUT2D eigenvalue weighted by Gasteiger charge is 2.23. The molecule has 1 aromatic carbocycles. The van der Waals surface area contributed by atoms with Gasteiger partial charge in [-0.15, -0.1) is 11.3 Å². The van der Waals surface area contributed by atoms with Crippen LogP contribution >= 0.6 is 22.9 Å². The Hall–Kier alpha value is -1.85. The predicted octanol–water partition coefficient (Wildman–Crippen LogP) is 3.64. The summed E-state index contributed by atoms with van der Waals surface area (Å²) in [6.45, 7) is 1.61. The van der Waals surface area contributed by atoms with Crippen molar-refractivity contribution in [3.63, 3.8) is 0 Å². The highest BCUT2D eigenvalue weighted by molar-refractivity contribution is 7.21. The molecule has 3 aromatic rings. The molecule has 0 bridgehead atoms. The Balaban J connectivity index is 1.97. The summed E-state index contributed by atoms with van der Waals surface area (Å²) in [6, 6.07) is 7.27. The first kappa shape index (κ1) is 14.7. The van der Waals surface area contributed by atoms with E-state index in [0.29, 0.717) is 15.3 Å². The summed E-state index contributed by atoms with van der Waals surface area (Å²) < 4.78 is 2.46. The van der Waals surface area contributed by atoms with Gasteiger partial charge in [0.1, 0.15) is 0 Å². The Morgan fingerprint density at radius 2 is 1.91 bits per heavy atom. The zero-order valence-electron chi connectivity index (χ0n) is 12.6. The van der Waals surface area contributed by atoms with Crippen molar-refractivity contribution in [2.75, 3.05) is 13.1 Å². The predicted molar refractivity (Wildman–Crippen MR) is 94.7 cm³/mol. The number of fused-ring (bicyclic) bond motifs is 3. The van der Waals surface area contributed by atoms with E-state index in [1.807, 2.05) is 17.0 Å². The SMILES string of the molecule is Cn1c(=O)c2cc(C(=O)N3CCCC3)sc2c2ccc(Cl)cc21. The van der Waals surface area contributed by atoms with Crippen molar-refractivity contribution in [3.8, 4) is 0 Å². The van der Waals surface area contributed by atoms with Gasteiger partial charge < -0.3 is 9.47 Å². The summed E-state index contributed by atoms with van der Waals surface area (Å²) in [5.74, 6) is 0.0351. The average molecular weight is 347 g/mol. The number of thiophene rings is 1. The third kappa shape index (κ3) is 2.26. The Kier molecular flexibility index (Phi) is 3.43. The van der Waals surface area contributed by atoms with Crippen LogP contribution in [-0.2, 0) is 7.05 Å². The molecule has 2 aromatic heterocycles. The zero-order chi connectivity index (χ0) is 16.1. The smallest absolute Gasteiger partial charge is 0.263 e. The second-order valence-corrected chi connectivity index (χ2v) is 7.37. The summed E-state index contributed by atoms with van der Waals surface area (Å²) in [6.07, 6.45) is 2.11. The van der Waals surface area contributed by atoms with E-state index in [4.69, 9.17) is 11.6 Å². The number of carbonyl (C=O) groups is 1. The molecule has 0 saturated carbocycles. The fourth-order valence-electron chi connectivity index (χ4n) is 3.20. The Morgan fingerprint density at radius 1 is 1.17 bits per heavy atom. The third-order valence-electron chi connectivity index (χ3n) is 4.44. The number of likely N-dealkylation sites (tertiary alicyclic amines) is 1. The van der Waals surface area contributed by atoms with Gasteiger partial charge in [-0.1, -0.05) is 11.6 Å². The molecule has 4 nitrogen and oxygen atoms in total. The maximum absolute atomic E-state index is 12.6. The van der Waals surface area contributed by atoms with Crippen molar-refractivity contribution in [1.29, 1.82) is 0 Å². The van der Waals surface area contributed by atoms with Crippen molar-refractivity contribution in [2.24, 2.45) is 7.05 Å². The van der Waals surface area contributed by atoms with Gasteiger partial charge in [-0.05, 0) is 37.1 Å². The molecule has 0 atom stereocenters. The second-order valence-electron chi connectivity index (χ2n) is 5.88. The Morgan fingerprint density at radius 3 is 2.65 bits per heavy atom. The number of nitrogens with zero attached hydrogens (tertiary/aromatic N) is 2. The van der Waals surface area contributed by atoms with E-state index in [9.17, 15) is 9.59 Å². The number of carbonyl (C=O) groups excluding carboxylic acids is 1. The van der Waals surface area contributed by atoms with E-state index >= 15 is 0 Å². The number of halogens is 1. The van der Waals surface area contributed by atoms with Crippen LogP contribution in [0.2, 0.25) is 5.02 Å². The summed E-state index contributed by atoms with van der Waals surface area (Å²) in [5.41, 5.74) is 0.698. The summed E-state index contributed by atoms with van der Waals surface area (Å²) in [7, 11) is 1.74. The number of aromatic nitrogens is 1. The number of pyridine rings is 1. The number of benzene rings is 1. The standard InChI is InChI=1S/C17H15ClN2O2S/c1-19-13-8-10(18)4-5-11(13)15-12(16(19)21)9-14(23-15)17(22)20-6-2-3-7-20/h4-5,8-9H,2-3,6-7H2,1H3. The van der Waals surface area contributed by atoms with Gasteiger partial charge >= 0.3 is 0 Å². The Labute approximate surface area is 141 Å². The number of aryl methyl sites for hydroxylation is 1. The minimum Gasteiger partial charge on any atom is -0.338 e. The van der Waals surface area contributed by atoms with E-state index in [0.717, 1.165) is 41.5 Å². The lowest BCUT2D eigenvalue weighted by Crippen LogP contribution is -2.26. The molecule has 0 N–H and O–H groups in total. The maximum Gasteiger partial charge on any atom is 0.263 e. The van der Waals surface area contributed by atoms with Gasteiger partial charge in [-0.25, -0.2) is 0 Å². The van der Waals surface area contributed by atoms with Crippen LogP contribution in [0.25, 0.3) is 21.0 Å². The minimum absolute atomic E-state index is 0.0351. The first-order chi connectivity index (χ1) is 11.1. The van der Waals surface area contributed by atoms with Gasteiger partial charge in [-0.3, -0.25) is 9.59 Å². The van der Waals surface area contributed by atoms with Crippen molar-refractivity contribution in [1.82, 2.24) is 9.47 Å². The van der Waals surface area contributed by atoms with Crippen LogP contribution in [0, 0.1) is 0 Å². The van der Waals surface area contributed by atoms with Gasteiger partial charge in [0.05, 0.1) is 15.8 Å². The highest BCUT2D eigenvalue weighted by Crippen LogP contribution is 2.32. The lowest BCUT2D eigenvalue weighted by atomic mass is 10.1. The fraction of sp³-hybridized carbons (Fsp3) is 0.294. The molecule has 1 fully saturated rings. The lowest BCUT2D eigenvalue weighted by molar-refractivity contribution is 0.0797. The van der Waals surface area contributed by atoms with Crippen LogP contribution in [0.3, 0.4) is 0 Å². The summed E-state index contributed by atoms with van der Waals surface area (Å²) in [5, 5.41) is 2.16. The molecule has 0 radical (unpaired) electrons. The van der Waals surface area contributed by atoms with Crippen LogP contribution in [0.1, 0.15) is 22.5 Å². The maximum atomic E-state index is 12.6. The molecule has 0 unspecified atom stereocenters. The second kappa shape index (κ2) is 5.35. The summed E-state index contributed by atoms with van der Waals surface area (Å²) in [4.78, 5) is 27.7. The van der Waals surface area contributed by atoms with Crippen molar-refractivity contribution in [2.45, 2.75) is 12.8 Å². The van der Waals surface area contributed by atoms with Crippen molar-refractivity contribution in [3.05, 3.63) is 44.5 Å². The largest absolute Gasteiger partial charge is 0.338 e. The topological polar surface area (TPSA) is 42.3 Å². The molecular weight excluding hydrogens is 332 g/mol. The van der Waals surface area contributed by atoms with Crippen LogP contribution in [-0.4, -0.2) is 28.5 Å². The molecule has 1 aliphatic heterocycles. The molecule has 118 valence electrons. The summed E-state index contributed by atoms with van der Waals surface area (Å²) >= 11 is 7.47. The van der Waals surface area contributed by atoms with Crippen LogP contribution in [0.15, 0.2) is 29.1 Å². The first-order valence-corrected chi connectivity index (χ1v) is 8.77. The molecule has 0 aliphatic carbocycles. The number of hydrogen-bond acceptors (Lipinski definition) is 3. The lowest BCUT2D eigenvalue weighted by Gasteiger charge is -2.13. The fourth-order valence-corrected chi connectivity index (χ4v) is 4.51. The van der Waals surface area contributed by atoms with E-state index < -0.39 is 0 Å². The van der Waals surface area contributed by atoms with Crippen LogP contribution < -0.4 is 5.56 Å². The first-order valence-electron chi connectivity index (χ1n) is 7.57.